The zero-order valence-corrected chi connectivity index (χ0v) is 18.0. The molecular weight excluding hydrogens is 407 g/mol. The summed E-state index contributed by atoms with van der Waals surface area (Å²) >= 11 is 1.12. The monoisotopic (exact) mass is 430 g/mol. The van der Waals surface area contributed by atoms with Crippen molar-refractivity contribution >= 4 is 28.3 Å². The lowest BCUT2D eigenvalue weighted by Gasteiger charge is -2.17. The number of benzene rings is 2. The zero-order valence-electron chi connectivity index (χ0n) is 15.5. The number of rotatable bonds is 10. The van der Waals surface area contributed by atoms with E-state index in [0.29, 0.717) is 5.75 Å². The molecule has 0 bridgehead atoms. The van der Waals surface area contributed by atoms with Crippen LogP contribution in [0.2, 0.25) is 0 Å². The molecule has 0 saturated heterocycles. The van der Waals surface area contributed by atoms with Crippen LogP contribution in [-0.2, 0) is 19.2 Å². The molecule has 0 aliphatic carbocycles. The predicted molar refractivity (Wildman–Crippen MR) is 108 cm³/mol. The van der Waals surface area contributed by atoms with Crippen LogP contribution in [0.1, 0.15) is 25.8 Å². The zero-order chi connectivity index (χ0) is 19.9. The molecule has 2 aromatic rings. The van der Waals surface area contributed by atoms with E-state index < -0.39 is 16.9 Å². The predicted octanol–water partition coefficient (Wildman–Crippen LogP) is 5.43. The number of hydrogen-bond donors (Lipinski definition) is 0. The van der Waals surface area contributed by atoms with Gasteiger partial charge in [-0.25, -0.2) is 4.57 Å². The third kappa shape index (κ3) is 6.57. The SMILES string of the molecule is CCCSP(=O)(OCC)Oc1ccc(S(=O)(=O)Oc2ccc(C)cc2)cc1. The van der Waals surface area contributed by atoms with Crippen LogP contribution in [0.25, 0.3) is 0 Å². The standard InChI is InChI=1S/C18H23O6PS2/c1-4-14-26-25(19,22-5-2)23-16-10-12-18(13-11-16)27(20,21)24-17-8-6-15(3)7-9-17/h6-13H,4-5,14H2,1-3H3. The lowest BCUT2D eigenvalue weighted by Crippen LogP contribution is -2.09. The smallest absolute Gasteiger partial charge is 0.417 e. The van der Waals surface area contributed by atoms with E-state index in [1.54, 1.807) is 31.2 Å². The van der Waals surface area contributed by atoms with Gasteiger partial charge in [-0.3, -0.25) is 4.52 Å². The van der Waals surface area contributed by atoms with E-state index >= 15 is 0 Å². The molecule has 0 aromatic heterocycles. The molecule has 0 radical (unpaired) electrons. The summed E-state index contributed by atoms with van der Waals surface area (Å²) in [6.45, 7) is 2.52. The van der Waals surface area contributed by atoms with Gasteiger partial charge in [0.1, 0.15) is 16.4 Å². The Morgan fingerprint density at radius 3 is 2.11 bits per heavy atom. The lowest BCUT2D eigenvalue weighted by molar-refractivity contribution is 0.296. The van der Waals surface area contributed by atoms with Crippen molar-refractivity contribution in [3.05, 3.63) is 54.1 Å². The van der Waals surface area contributed by atoms with Crippen molar-refractivity contribution in [1.29, 1.82) is 0 Å². The molecule has 1 unspecified atom stereocenters. The first-order chi connectivity index (χ1) is 12.8. The Balaban J connectivity index is 2.13. The molecule has 2 aromatic carbocycles. The van der Waals surface area contributed by atoms with Crippen LogP contribution in [0.15, 0.2) is 53.4 Å². The Morgan fingerprint density at radius 1 is 0.963 bits per heavy atom. The molecule has 27 heavy (non-hydrogen) atoms. The second kappa shape index (κ2) is 9.64. The van der Waals surface area contributed by atoms with Gasteiger partial charge in [0.25, 0.3) is 0 Å². The molecular formula is C18H23O6PS2. The van der Waals surface area contributed by atoms with Gasteiger partial charge in [0, 0.05) is 5.75 Å². The van der Waals surface area contributed by atoms with Crippen LogP contribution in [0.3, 0.4) is 0 Å². The van der Waals surface area contributed by atoms with Crippen molar-refractivity contribution in [3.63, 3.8) is 0 Å². The second-order valence-electron chi connectivity index (χ2n) is 5.61. The summed E-state index contributed by atoms with van der Waals surface area (Å²) in [4.78, 5) is -0.0251. The van der Waals surface area contributed by atoms with E-state index in [9.17, 15) is 13.0 Å². The third-order valence-corrected chi connectivity index (χ3v) is 8.51. The van der Waals surface area contributed by atoms with Gasteiger partial charge >= 0.3 is 16.9 Å². The number of aryl methyl sites for hydroxylation is 1. The molecule has 1 atom stereocenters. The van der Waals surface area contributed by atoms with Crippen molar-refractivity contribution in [2.45, 2.75) is 32.1 Å². The van der Waals surface area contributed by atoms with Crippen LogP contribution in [0.4, 0.5) is 0 Å². The first kappa shape index (κ1) is 21.8. The first-order valence-corrected chi connectivity index (χ1v) is 13.0. The maximum absolute atomic E-state index is 12.7. The highest BCUT2D eigenvalue weighted by Gasteiger charge is 2.27. The quantitative estimate of drug-likeness (QED) is 0.367. The van der Waals surface area contributed by atoms with E-state index in [0.717, 1.165) is 23.4 Å². The van der Waals surface area contributed by atoms with E-state index in [4.69, 9.17) is 13.2 Å². The van der Waals surface area contributed by atoms with Gasteiger partial charge in [0.2, 0.25) is 0 Å². The molecule has 6 nitrogen and oxygen atoms in total. The highest BCUT2D eigenvalue weighted by molar-refractivity contribution is 8.55. The van der Waals surface area contributed by atoms with Gasteiger partial charge in [-0.1, -0.05) is 24.6 Å². The Bertz CT molecular complexity index is 879. The molecule has 0 fully saturated rings. The van der Waals surface area contributed by atoms with Crippen LogP contribution < -0.4 is 8.71 Å². The average molecular weight is 430 g/mol. The third-order valence-electron chi connectivity index (χ3n) is 3.30. The molecule has 9 heteroatoms. The molecule has 0 amide bonds. The maximum Gasteiger partial charge on any atom is 0.440 e. The van der Waals surface area contributed by atoms with E-state index in [2.05, 4.69) is 0 Å². The minimum Gasteiger partial charge on any atom is -0.417 e. The average Bonchev–Trinajstić information content (AvgIpc) is 2.62. The molecule has 0 spiro atoms. The van der Waals surface area contributed by atoms with Crippen molar-refractivity contribution in [2.24, 2.45) is 0 Å². The fourth-order valence-corrected chi connectivity index (χ4v) is 6.40. The molecule has 0 aliphatic heterocycles. The Kier molecular flexibility index (Phi) is 7.79. The number of hydrogen-bond acceptors (Lipinski definition) is 7. The van der Waals surface area contributed by atoms with E-state index in [-0.39, 0.29) is 23.0 Å². The van der Waals surface area contributed by atoms with Crippen molar-refractivity contribution in [3.8, 4) is 11.5 Å². The Morgan fingerprint density at radius 2 is 1.56 bits per heavy atom. The van der Waals surface area contributed by atoms with Crippen molar-refractivity contribution in [2.75, 3.05) is 12.4 Å². The lowest BCUT2D eigenvalue weighted by atomic mass is 10.2. The van der Waals surface area contributed by atoms with Crippen LogP contribution in [0, 0.1) is 6.92 Å². The first-order valence-electron chi connectivity index (χ1n) is 8.48. The minimum atomic E-state index is -3.97. The van der Waals surface area contributed by atoms with Gasteiger partial charge in [-0.05, 0) is 68.0 Å². The van der Waals surface area contributed by atoms with Gasteiger partial charge in [-0.2, -0.15) is 8.42 Å². The molecule has 0 aliphatic rings. The molecule has 0 heterocycles. The fourth-order valence-electron chi connectivity index (χ4n) is 2.02. The summed E-state index contributed by atoms with van der Waals surface area (Å²) in [6.07, 6.45) is 0.832. The van der Waals surface area contributed by atoms with Crippen LogP contribution in [0.5, 0.6) is 11.5 Å². The molecule has 0 saturated carbocycles. The summed E-state index contributed by atoms with van der Waals surface area (Å²) in [6, 6.07) is 12.3. The van der Waals surface area contributed by atoms with Gasteiger partial charge in [0.05, 0.1) is 6.61 Å². The highest BCUT2D eigenvalue weighted by Crippen LogP contribution is 2.60. The highest BCUT2D eigenvalue weighted by atomic mass is 32.7. The molecule has 0 N–H and O–H groups in total. The van der Waals surface area contributed by atoms with Crippen LogP contribution >= 0.6 is 18.2 Å². The maximum atomic E-state index is 12.7. The summed E-state index contributed by atoms with van der Waals surface area (Å²) in [5, 5.41) is 0. The van der Waals surface area contributed by atoms with Crippen LogP contribution in [-0.4, -0.2) is 20.8 Å². The summed E-state index contributed by atoms with van der Waals surface area (Å²) < 4.78 is 53.3. The summed E-state index contributed by atoms with van der Waals surface area (Å²) in [5.41, 5.74) is 1.00. The Labute approximate surface area is 164 Å². The van der Waals surface area contributed by atoms with Gasteiger partial charge in [-0.15, -0.1) is 0 Å². The second-order valence-corrected chi connectivity index (χ2v) is 11.3. The fraction of sp³-hybridized carbons (Fsp3) is 0.333. The normalized spacial score (nSPS) is 13.7. The van der Waals surface area contributed by atoms with Crippen molar-refractivity contribution < 1.29 is 26.2 Å². The minimum absolute atomic E-state index is 0.0251. The van der Waals surface area contributed by atoms with Gasteiger partial charge in [0.15, 0.2) is 0 Å². The molecule has 148 valence electrons. The Hall–Kier alpha value is -1.47. The summed E-state index contributed by atoms with van der Waals surface area (Å²) in [7, 11) is -3.97. The summed E-state index contributed by atoms with van der Waals surface area (Å²) in [5.74, 6) is 1.14. The topological polar surface area (TPSA) is 78.9 Å². The van der Waals surface area contributed by atoms with Crippen molar-refractivity contribution in [1.82, 2.24) is 0 Å². The molecule has 2 rings (SSSR count). The van der Waals surface area contributed by atoms with E-state index in [1.165, 1.54) is 24.3 Å². The van der Waals surface area contributed by atoms with Gasteiger partial charge < -0.3 is 8.71 Å². The van der Waals surface area contributed by atoms with E-state index in [1.807, 2.05) is 13.8 Å². The largest absolute Gasteiger partial charge is 0.440 e.